The van der Waals surface area contributed by atoms with Crippen LogP contribution >= 0.6 is 0 Å². The summed E-state index contributed by atoms with van der Waals surface area (Å²) in [5.74, 6) is 1.84. The van der Waals surface area contributed by atoms with Crippen molar-refractivity contribution >= 4 is 5.82 Å². The van der Waals surface area contributed by atoms with Gasteiger partial charge in [-0.05, 0) is 18.6 Å². The molecule has 2 aromatic rings. The molecule has 0 saturated heterocycles. The molecular weight excluding hydrogens is 228 g/mol. The molecule has 0 bridgehead atoms. The van der Waals surface area contributed by atoms with Gasteiger partial charge in [0.25, 0.3) is 0 Å². The van der Waals surface area contributed by atoms with Crippen LogP contribution in [0.5, 0.6) is 0 Å². The Hall–Kier alpha value is -2.42. The summed E-state index contributed by atoms with van der Waals surface area (Å²) in [6.45, 7) is 0.803. The predicted molar refractivity (Wildman–Crippen MR) is 64.7 cm³/mol. The van der Waals surface area contributed by atoms with Gasteiger partial charge in [-0.1, -0.05) is 0 Å². The standard InChI is InChI=1S/C12H12N6/c13-5-9-1-3-11(14-6-9)17-10-2-4-12-15-8-16-18(12)7-10/h1,3,6,8,10H,2,4,7H2,(H,14,17)/t10-/m1/s1. The van der Waals surface area contributed by atoms with E-state index in [4.69, 9.17) is 5.26 Å². The molecule has 0 saturated carbocycles. The lowest BCUT2D eigenvalue weighted by Crippen LogP contribution is -2.32. The average molecular weight is 240 g/mol. The number of hydrogen-bond acceptors (Lipinski definition) is 5. The van der Waals surface area contributed by atoms with E-state index in [0.717, 1.165) is 31.0 Å². The van der Waals surface area contributed by atoms with Crippen LogP contribution in [0.1, 0.15) is 17.8 Å². The third-order valence-electron chi connectivity index (χ3n) is 3.05. The van der Waals surface area contributed by atoms with E-state index in [0.29, 0.717) is 11.6 Å². The lowest BCUT2D eigenvalue weighted by atomic mass is 10.1. The highest BCUT2D eigenvalue weighted by Crippen LogP contribution is 2.15. The summed E-state index contributed by atoms with van der Waals surface area (Å²) >= 11 is 0. The molecule has 18 heavy (non-hydrogen) atoms. The number of nitriles is 1. The van der Waals surface area contributed by atoms with Crippen LogP contribution in [0.25, 0.3) is 0 Å². The van der Waals surface area contributed by atoms with Crippen molar-refractivity contribution in [3.05, 3.63) is 36.0 Å². The minimum absolute atomic E-state index is 0.305. The summed E-state index contributed by atoms with van der Waals surface area (Å²) in [7, 11) is 0. The second-order valence-electron chi connectivity index (χ2n) is 4.28. The zero-order chi connectivity index (χ0) is 12.4. The van der Waals surface area contributed by atoms with Gasteiger partial charge in [0.05, 0.1) is 12.1 Å². The summed E-state index contributed by atoms with van der Waals surface area (Å²) in [4.78, 5) is 8.40. The Morgan fingerprint density at radius 2 is 2.33 bits per heavy atom. The largest absolute Gasteiger partial charge is 0.365 e. The maximum absolute atomic E-state index is 8.71. The van der Waals surface area contributed by atoms with E-state index in [1.165, 1.54) is 0 Å². The smallest absolute Gasteiger partial charge is 0.138 e. The predicted octanol–water partition coefficient (Wildman–Crippen LogP) is 0.972. The maximum atomic E-state index is 8.71. The normalized spacial score (nSPS) is 17.8. The van der Waals surface area contributed by atoms with Crippen molar-refractivity contribution in [3.8, 4) is 6.07 Å². The molecule has 0 spiro atoms. The Labute approximate surface area is 104 Å². The van der Waals surface area contributed by atoms with Crippen molar-refractivity contribution in [2.45, 2.75) is 25.4 Å². The zero-order valence-electron chi connectivity index (χ0n) is 9.74. The van der Waals surface area contributed by atoms with E-state index in [1.807, 2.05) is 10.7 Å². The highest BCUT2D eigenvalue weighted by atomic mass is 15.3. The highest BCUT2D eigenvalue weighted by Gasteiger charge is 2.19. The Bertz CT molecular complexity index is 579. The van der Waals surface area contributed by atoms with Crippen molar-refractivity contribution in [2.75, 3.05) is 5.32 Å². The van der Waals surface area contributed by atoms with Crippen LogP contribution in [0.4, 0.5) is 5.82 Å². The van der Waals surface area contributed by atoms with Gasteiger partial charge in [0.15, 0.2) is 0 Å². The fourth-order valence-corrected chi connectivity index (χ4v) is 2.11. The second kappa shape index (κ2) is 4.45. The van der Waals surface area contributed by atoms with E-state index in [9.17, 15) is 0 Å². The number of pyridine rings is 1. The lowest BCUT2D eigenvalue weighted by Gasteiger charge is -2.23. The van der Waals surface area contributed by atoms with Crippen LogP contribution in [0, 0.1) is 11.3 Å². The molecule has 0 unspecified atom stereocenters. The minimum Gasteiger partial charge on any atom is -0.365 e. The molecule has 0 radical (unpaired) electrons. The number of hydrogen-bond donors (Lipinski definition) is 1. The Morgan fingerprint density at radius 1 is 1.39 bits per heavy atom. The quantitative estimate of drug-likeness (QED) is 0.846. The van der Waals surface area contributed by atoms with Crippen LogP contribution in [0.15, 0.2) is 24.7 Å². The Balaban J connectivity index is 1.69. The van der Waals surface area contributed by atoms with Crippen LogP contribution in [0.2, 0.25) is 0 Å². The molecule has 1 aliphatic heterocycles. The first-order valence-corrected chi connectivity index (χ1v) is 5.84. The van der Waals surface area contributed by atoms with Crippen molar-refractivity contribution in [2.24, 2.45) is 0 Å². The Morgan fingerprint density at radius 3 is 3.11 bits per heavy atom. The third-order valence-corrected chi connectivity index (χ3v) is 3.05. The van der Waals surface area contributed by atoms with E-state index in [-0.39, 0.29) is 0 Å². The van der Waals surface area contributed by atoms with Crippen molar-refractivity contribution in [1.29, 1.82) is 5.26 Å². The van der Waals surface area contributed by atoms with Gasteiger partial charge in [-0.3, -0.25) is 0 Å². The van der Waals surface area contributed by atoms with Gasteiger partial charge in [0.2, 0.25) is 0 Å². The average Bonchev–Trinajstić information content (AvgIpc) is 2.87. The van der Waals surface area contributed by atoms with Crippen molar-refractivity contribution < 1.29 is 0 Å². The number of nitrogens with one attached hydrogen (secondary N) is 1. The van der Waals surface area contributed by atoms with Gasteiger partial charge in [0.1, 0.15) is 24.0 Å². The highest BCUT2D eigenvalue weighted by molar-refractivity contribution is 5.39. The van der Waals surface area contributed by atoms with Gasteiger partial charge < -0.3 is 5.32 Å². The zero-order valence-corrected chi connectivity index (χ0v) is 9.74. The summed E-state index contributed by atoms with van der Waals surface area (Å²) in [5.41, 5.74) is 0.572. The van der Waals surface area contributed by atoms with Crippen molar-refractivity contribution in [1.82, 2.24) is 19.7 Å². The number of anilines is 1. The third kappa shape index (κ3) is 2.02. The molecule has 3 rings (SSSR count). The number of nitrogens with zero attached hydrogens (tertiary/aromatic N) is 5. The molecule has 2 aromatic heterocycles. The van der Waals surface area contributed by atoms with E-state index < -0.39 is 0 Å². The van der Waals surface area contributed by atoms with Gasteiger partial charge >= 0.3 is 0 Å². The summed E-state index contributed by atoms with van der Waals surface area (Å²) in [5, 5.41) is 16.2. The van der Waals surface area contributed by atoms with Crippen LogP contribution in [0.3, 0.4) is 0 Å². The molecule has 3 heterocycles. The summed E-state index contributed by atoms with van der Waals surface area (Å²) in [6, 6.07) is 5.95. The van der Waals surface area contributed by atoms with Crippen LogP contribution < -0.4 is 5.32 Å². The van der Waals surface area contributed by atoms with Crippen LogP contribution in [-0.4, -0.2) is 25.8 Å². The monoisotopic (exact) mass is 240 g/mol. The molecule has 6 nitrogen and oxygen atoms in total. The van der Waals surface area contributed by atoms with E-state index in [1.54, 1.807) is 18.6 Å². The SMILES string of the molecule is N#Cc1ccc(N[C@@H]2CCc3ncnn3C2)nc1. The maximum Gasteiger partial charge on any atom is 0.138 e. The topological polar surface area (TPSA) is 79.4 Å². The molecule has 0 aliphatic carbocycles. The first kappa shape index (κ1) is 10.7. The van der Waals surface area contributed by atoms with Gasteiger partial charge in [-0.2, -0.15) is 10.4 Å². The first-order valence-electron chi connectivity index (χ1n) is 5.84. The second-order valence-corrected chi connectivity index (χ2v) is 4.28. The van der Waals surface area contributed by atoms with Gasteiger partial charge in [-0.25, -0.2) is 14.6 Å². The molecule has 0 aromatic carbocycles. The molecule has 90 valence electrons. The fraction of sp³-hybridized carbons (Fsp3) is 0.333. The molecular formula is C12H12N6. The summed E-state index contributed by atoms with van der Waals surface area (Å²) in [6.07, 6.45) is 5.11. The van der Waals surface area contributed by atoms with E-state index in [2.05, 4.69) is 26.5 Å². The molecule has 1 N–H and O–H groups in total. The molecule has 0 fully saturated rings. The van der Waals surface area contributed by atoms with Crippen LogP contribution in [-0.2, 0) is 13.0 Å². The first-order chi connectivity index (χ1) is 8.85. The molecule has 6 heteroatoms. The minimum atomic E-state index is 0.305. The molecule has 1 aliphatic rings. The Kier molecular flexibility index (Phi) is 2.65. The lowest BCUT2D eigenvalue weighted by molar-refractivity contribution is 0.441. The molecule has 1 atom stereocenters. The van der Waals surface area contributed by atoms with Crippen molar-refractivity contribution in [3.63, 3.8) is 0 Å². The molecule has 0 amide bonds. The number of fused-ring (bicyclic) bond motifs is 1. The fourth-order valence-electron chi connectivity index (χ4n) is 2.11. The van der Waals surface area contributed by atoms with Gasteiger partial charge in [0, 0.05) is 18.7 Å². The van der Waals surface area contributed by atoms with E-state index >= 15 is 0 Å². The number of aromatic nitrogens is 4. The number of aryl methyl sites for hydroxylation is 1. The number of rotatable bonds is 2. The summed E-state index contributed by atoms with van der Waals surface area (Å²) < 4.78 is 1.92. The van der Waals surface area contributed by atoms with Gasteiger partial charge in [-0.15, -0.1) is 0 Å².